The molecule has 2 heterocycles. The third kappa shape index (κ3) is 5.65. The maximum atomic E-state index is 12.4. The Bertz CT molecular complexity index is 1050. The third-order valence-corrected chi connectivity index (χ3v) is 7.01. The van der Waals surface area contributed by atoms with Gasteiger partial charge in [-0.1, -0.05) is 11.6 Å². The number of rotatable bonds is 7. The van der Waals surface area contributed by atoms with E-state index in [9.17, 15) is 18.0 Å². The van der Waals surface area contributed by atoms with Crippen molar-refractivity contribution >= 4 is 56.2 Å². The van der Waals surface area contributed by atoms with Crippen LogP contribution in [0.5, 0.6) is 0 Å². The van der Waals surface area contributed by atoms with E-state index in [4.69, 9.17) is 11.6 Å². The molecule has 1 aromatic carbocycles. The lowest BCUT2D eigenvalue weighted by Gasteiger charge is -2.11. The molecule has 10 heteroatoms. The molecule has 0 bridgehead atoms. The summed E-state index contributed by atoms with van der Waals surface area (Å²) in [6, 6.07) is 9.10. The molecule has 1 fully saturated rings. The number of amides is 1. The van der Waals surface area contributed by atoms with Gasteiger partial charge in [0, 0.05) is 38.5 Å². The van der Waals surface area contributed by atoms with E-state index >= 15 is 0 Å². The van der Waals surface area contributed by atoms with Crippen molar-refractivity contribution in [3.8, 4) is 0 Å². The lowest BCUT2D eigenvalue weighted by atomic mass is 10.2. The van der Waals surface area contributed by atoms with Gasteiger partial charge in [-0.2, -0.15) is 8.42 Å². The highest BCUT2D eigenvalue weighted by Gasteiger charge is 2.20. The van der Waals surface area contributed by atoms with E-state index in [0.717, 1.165) is 13.0 Å². The molecule has 29 heavy (non-hydrogen) atoms. The topological polar surface area (TPSA) is 95.9 Å². The minimum absolute atomic E-state index is 0.0222. The summed E-state index contributed by atoms with van der Waals surface area (Å²) >= 11 is 6.99. The van der Waals surface area contributed by atoms with Crippen molar-refractivity contribution in [2.45, 2.75) is 30.6 Å². The zero-order valence-electron chi connectivity index (χ0n) is 15.7. The van der Waals surface area contributed by atoms with E-state index in [2.05, 4.69) is 9.71 Å². The summed E-state index contributed by atoms with van der Waals surface area (Å²) < 4.78 is 29.3. The summed E-state index contributed by atoms with van der Waals surface area (Å²) in [7, 11) is -1.98. The van der Waals surface area contributed by atoms with Gasteiger partial charge in [-0.25, -0.2) is 0 Å². The van der Waals surface area contributed by atoms with Crippen LogP contribution in [-0.2, 0) is 14.8 Å². The fraction of sp³-hybridized carbons (Fsp3) is 0.316. The molecule has 1 aliphatic rings. The number of thiophene rings is 1. The van der Waals surface area contributed by atoms with Gasteiger partial charge in [-0.05, 0) is 42.8 Å². The monoisotopic (exact) mass is 453 g/mol. The molecule has 2 aromatic rings. The van der Waals surface area contributed by atoms with Crippen molar-refractivity contribution in [3.63, 3.8) is 0 Å². The van der Waals surface area contributed by atoms with Gasteiger partial charge >= 0.3 is 0 Å². The average molecular weight is 454 g/mol. The van der Waals surface area contributed by atoms with Crippen LogP contribution in [0.3, 0.4) is 0 Å². The lowest BCUT2D eigenvalue weighted by molar-refractivity contribution is -0.116. The molecule has 0 atom stereocenters. The Labute approximate surface area is 178 Å². The van der Waals surface area contributed by atoms with Crippen LogP contribution >= 0.6 is 22.9 Å². The number of nitrogens with zero attached hydrogens (tertiary/aromatic N) is 2. The number of sulfonamides is 1. The predicted octanol–water partition coefficient (Wildman–Crippen LogP) is 3.82. The van der Waals surface area contributed by atoms with Crippen molar-refractivity contribution in [1.82, 2.24) is 4.90 Å². The highest BCUT2D eigenvalue weighted by Crippen LogP contribution is 2.23. The molecular weight excluding hydrogens is 434 g/mol. The molecule has 0 saturated carbocycles. The molecule has 1 amide bonds. The summed E-state index contributed by atoms with van der Waals surface area (Å²) in [6.45, 7) is 0.793. The fourth-order valence-electron chi connectivity index (χ4n) is 2.85. The molecule has 1 N–H and O–H groups in total. The number of Topliss-reactive ketones (excluding diaryl/α,β-unsaturated/α-hetero) is 1. The van der Waals surface area contributed by atoms with Crippen molar-refractivity contribution in [3.05, 3.63) is 45.6 Å². The fourth-order valence-corrected chi connectivity index (χ4v) is 4.95. The lowest BCUT2D eigenvalue weighted by Crippen LogP contribution is -2.20. The second-order valence-electron chi connectivity index (χ2n) is 6.61. The smallest absolute Gasteiger partial charge is 0.283 e. The maximum Gasteiger partial charge on any atom is 0.283 e. The second kappa shape index (κ2) is 9.06. The van der Waals surface area contributed by atoms with E-state index in [1.807, 2.05) is 11.9 Å². The van der Waals surface area contributed by atoms with Crippen LogP contribution in [-0.4, -0.2) is 44.4 Å². The molecule has 1 aliphatic heterocycles. The van der Waals surface area contributed by atoms with E-state index in [1.165, 1.54) is 35.6 Å². The molecule has 0 spiro atoms. The summed E-state index contributed by atoms with van der Waals surface area (Å²) in [6.07, 6.45) is 1.62. The summed E-state index contributed by atoms with van der Waals surface area (Å²) in [5, 5.41) is 2.66. The molecule has 0 unspecified atom stereocenters. The first kappa shape index (κ1) is 21.5. The number of likely N-dealkylation sites (tertiary alicyclic amines) is 1. The molecule has 7 nitrogen and oxygen atoms in total. The van der Waals surface area contributed by atoms with Crippen LogP contribution in [0.1, 0.15) is 35.4 Å². The van der Waals surface area contributed by atoms with Crippen molar-refractivity contribution in [2.75, 3.05) is 18.9 Å². The van der Waals surface area contributed by atoms with Gasteiger partial charge in [-0.3, -0.25) is 9.59 Å². The van der Waals surface area contributed by atoms with Gasteiger partial charge in [0.1, 0.15) is 5.84 Å². The number of carbonyl (C=O) groups excluding carboxylic acids is 2. The number of nitrogens with one attached hydrogen (secondary N) is 1. The maximum absolute atomic E-state index is 12.4. The van der Waals surface area contributed by atoms with Crippen LogP contribution in [0.15, 0.2) is 45.7 Å². The van der Waals surface area contributed by atoms with Gasteiger partial charge in [0.25, 0.3) is 10.0 Å². The highest BCUT2D eigenvalue weighted by atomic mass is 35.5. The number of anilines is 1. The van der Waals surface area contributed by atoms with Crippen LogP contribution in [0.25, 0.3) is 0 Å². The first-order valence-corrected chi connectivity index (χ1v) is 11.6. The van der Waals surface area contributed by atoms with E-state index in [-0.39, 0.29) is 29.4 Å². The van der Waals surface area contributed by atoms with Crippen molar-refractivity contribution in [2.24, 2.45) is 4.40 Å². The Hall–Kier alpha value is -2.23. The Balaban J connectivity index is 1.57. The van der Waals surface area contributed by atoms with Gasteiger partial charge in [0.2, 0.25) is 5.91 Å². The second-order valence-corrected chi connectivity index (χ2v) is 9.93. The van der Waals surface area contributed by atoms with Gasteiger partial charge in [0.05, 0.1) is 14.1 Å². The Morgan fingerprint density at radius 2 is 1.90 bits per heavy atom. The quantitative estimate of drug-likeness (QED) is 0.643. The van der Waals surface area contributed by atoms with E-state index in [1.54, 1.807) is 12.1 Å². The number of benzene rings is 1. The number of hydrogen-bond acceptors (Lipinski definition) is 5. The number of hydrogen-bond donors (Lipinski definition) is 1. The molecule has 1 aromatic heterocycles. The van der Waals surface area contributed by atoms with Crippen molar-refractivity contribution in [1.29, 1.82) is 0 Å². The summed E-state index contributed by atoms with van der Waals surface area (Å²) in [5.41, 5.74) is 0.450. The summed E-state index contributed by atoms with van der Waals surface area (Å²) in [5.74, 6) is 0.0815. The van der Waals surface area contributed by atoms with Crippen molar-refractivity contribution < 1.29 is 18.0 Å². The first-order chi connectivity index (χ1) is 13.7. The van der Waals surface area contributed by atoms with Crippen LogP contribution in [0.2, 0.25) is 4.34 Å². The number of carbonyl (C=O) groups is 2. The summed E-state index contributed by atoms with van der Waals surface area (Å²) in [4.78, 5) is 26.5. The van der Waals surface area contributed by atoms with Crippen LogP contribution in [0, 0.1) is 0 Å². The van der Waals surface area contributed by atoms with Gasteiger partial charge in [0.15, 0.2) is 5.78 Å². The van der Waals surface area contributed by atoms with Gasteiger partial charge < -0.3 is 10.2 Å². The molecule has 1 saturated heterocycles. The van der Waals surface area contributed by atoms with Crippen LogP contribution in [0.4, 0.5) is 5.69 Å². The molecule has 0 aliphatic carbocycles. The number of halogens is 1. The largest absolute Gasteiger partial charge is 0.362 e. The first-order valence-electron chi connectivity index (χ1n) is 8.98. The van der Waals surface area contributed by atoms with Crippen LogP contribution < -0.4 is 5.32 Å². The Morgan fingerprint density at radius 1 is 1.17 bits per heavy atom. The number of ketones is 1. The predicted molar refractivity (Wildman–Crippen MR) is 114 cm³/mol. The Morgan fingerprint density at radius 3 is 2.48 bits per heavy atom. The SMILES string of the molecule is CN1CCC/C1=N\S(=O)(=O)c1ccc(NC(=O)CCC(=O)c2ccc(Cl)s2)cc1. The molecule has 0 radical (unpaired) electrons. The normalized spacial score (nSPS) is 15.7. The molecular formula is C19H20ClN3O4S2. The molecule has 154 valence electrons. The average Bonchev–Trinajstić information content (AvgIpc) is 3.28. The highest BCUT2D eigenvalue weighted by molar-refractivity contribution is 7.90. The zero-order chi connectivity index (χ0) is 21.0. The third-order valence-electron chi connectivity index (χ3n) is 4.42. The Kier molecular flexibility index (Phi) is 6.71. The number of amidine groups is 1. The molecule has 3 rings (SSSR count). The minimum Gasteiger partial charge on any atom is -0.362 e. The zero-order valence-corrected chi connectivity index (χ0v) is 18.1. The minimum atomic E-state index is -3.79. The van der Waals surface area contributed by atoms with Gasteiger partial charge in [-0.15, -0.1) is 15.7 Å². The van der Waals surface area contributed by atoms with E-state index in [0.29, 0.717) is 27.2 Å². The van der Waals surface area contributed by atoms with E-state index < -0.39 is 10.0 Å². The standard InChI is InChI=1S/C19H20ClN3O4S2/c1-23-12-2-3-18(23)22-29(26,27)14-6-4-13(5-7-14)21-19(25)11-8-15(24)16-9-10-17(20)28-16/h4-7,9-10H,2-3,8,11-12H2,1H3,(H,21,25)/b22-18+.